The number of rotatable bonds is 20. The zero-order valence-corrected chi connectivity index (χ0v) is 39.3. The first kappa shape index (κ1) is 50.4. The quantitative estimate of drug-likeness (QED) is 0.0739. The molecule has 2 amide bonds. The molecule has 352 valence electrons. The molecular weight excluding hydrogens is 871 g/mol. The average molecular weight is 932 g/mol. The molecule has 1 fully saturated rings. The van der Waals surface area contributed by atoms with Gasteiger partial charge >= 0.3 is 12.1 Å². The largest absolute Gasteiger partial charge is 0.491 e. The van der Waals surface area contributed by atoms with Crippen molar-refractivity contribution in [1.29, 1.82) is 0 Å². The van der Waals surface area contributed by atoms with Crippen LogP contribution in [0.5, 0.6) is 5.75 Å². The number of hydrogen-bond donors (Lipinski definition) is 0. The lowest BCUT2D eigenvalue weighted by atomic mass is 9.90. The maximum Gasteiger partial charge on any atom is 0.416 e. The summed E-state index contributed by atoms with van der Waals surface area (Å²) in [7, 11) is -7.83. The smallest absolute Gasteiger partial charge is 0.416 e. The molecule has 0 aliphatic carbocycles. The fourth-order valence-corrected chi connectivity index (χ4v) is 9.22. The number of aryl methyl sites for hydroxylation is 1. The molecule has 0 unspecified atom stereocenters. The number of benzene rings is 3. The molecule has 0 bridgehead atoms. The highest BCUT2D eigenvalue weighted by molar-refractivity contribution is 7.89. The topological polar surface area (TPSA) is 194 Å². The Morgan fingerprint density at radius 2 is 1.23 bits per heavy atom. The number of anilines is 1. The van der Waals surface area contributed by atoms with E-state index in [-0.39, 0.29) is 66.5 Å². The third kappa shape index (κ3) is 14.7. The minimum Gasteiger partial charge on any atom is -0.491 e. The molecule has 5 rings (SSSR count). The van der Waals surface area contributed by atoms with Crippen LogP contribution in [-0.2, 0) is 52.8 Å². The monoisotopic (exact) mass is 931 g/mol. The highest BCUT2D eigenvalue weighted by Gasteiger charge is 2.38. The molecule has 0 radical (unpaired) electrons. The summed E-state index contributed by atoms with van der Waals surface area (Å²) in [4.78, 5) is 42.1. The minimum absolute atomic E-state index is 0.0549. The number of sulfonamides is 1. The first-order valence-electron chi connectivity index (χ1n) is 21.2. The van der Waals surface area contributed by atoms with Crippen molar-refractivity contribution in [1.82, 2.24) is 9.21 Å². The lowest BCUT2D eigenvalue weighted by molar-refractivity contribution is -0.155. The summed E-state index contributed by atoms with van der Waals surface area (Å²) < 4.78 is 92.1. The second kappa shape index (κ2) is 22.0. The molecule has 3 aromatic carbocycles. The van der Waals surface area contributed by atoms with Gasteiger partial charge in [0.05, 0.1) is 67.3 Å². The average Bonchev–Trinajstić information content (AvgIpc) is 3.22. The van der Waals surface area contributed by atoms with Gasteiger partial charge in [0.2, 0.25) is 10.0 Å². The van der Waals surface area contributed by atoms with Gasteiger partial charge in [0.1, 0.15) is 36.8 Å². The van der Waals surface area contributed by atoms with Crippen molar-refractivity contribution in [3.63, 3.8) is 0 Å². The van der Waals surface area contributed by atoms with Crippen LogP contribution in [0.1, 0.15) is 81.8 Å². The molecule has 64 heavy (non-hydrogen) atoms. The van der Waals surface area contributed by atoms with E-state index in [0.29, 0.717) is 51.6 Å². The molecule has 0 N–H and O–H groups in total. The lowest BCUT2D eigenvalue weighted by Crippen LogP contribution is -2.52. The van der Waals surface area contributed by atoms with Crippen molar-refractivity contribution >= 4 is 43.8 Å². The van der Waals surface area contributed by atoms with Gasteiger partial charge in [-0.05, 0) is 115 Å². The number of carbonyl (C=O) groups is 3. The Balaban J connectivity index is 1.02. The second-order valence-corrected chi connectivity index (χ2v) is 20.9. The molecule has 0 spiro atoms. The molecule has 19 heteroatoms. The highest BCUT2D eigenvalue weighted by atomic mass is 32.2. The van der Waals surface area contributed by atoms with Crippen LogP contribution in [0.25, 0.3) is 0 Å². The van der Waals surface area contributed by atoms with Gasteiger partial charge in [-0.25, -0.2) is 13.2 Å². The third-order valence-electron chi connectivity index (χ3n) is 9.90. The summed E-state index contributed by atoms with van der Waals surface area (Å²) in [5.41, 5.74) is 0.480. The molecule has 2 heterocycles. The van der Waals surface area contributed by atoms with Crippen molar-refractivity contribution < 1.29 is 63.8 Å². The Morgan fingerprint density at radius 1 is 0.688 bits per heavy atom. The van der Waals surface area contributed by atoms with E-state index in [1.807, 2.05) is 31.2 Å². The van der Waals surface area contributed by atoms with E-state index in [1.165, 1.54) is 44.4 Å². The van der Waals surface area contributed by atoms with Crippen molar-refractivity contribution in [3.05, 3.63) is 83.4 Å². The highest BCUT2D eigenvalue weighted by Crippen LogP contribution is 2.35. The van der Waals surface area contributed by atoms with Gasteiger partial charge in [-0.15, -0.1) is 0 Å². The number of amides is 2. The van der Waals surface area contributed by atoms with Crippen LogP contribution in [0, 0.1) is 6.92 Å². The van der Waals surface area contributed by atoms with Crippen molar-refractivity contribution in [2.75, 3.05) is 84.1 Å². The first-order valence-corrected chi connectivity index (χ1v) is 24.1. The first-order chi connectivity index (χ1) is 30.1. The van der Waals surface area contributed by atoms with E-state index in [9.17, 15) is 31.2 Å². The lowest BCUT2D eigenvalue weighted by Gasteiger charge is -2.37. The Morgan fingerprint density at radius 3 is 1.81 bits per heavy atom. The van der Waals surface area contributed by atoms with Gasteiger partial charge < -0.3 is 33.3 Å². The van der Waals surface area contributed by atoms with Crippen LogP contribution in [0.2, 0.25) is 0 Å². The third-order valence-corrected chi connectivity index (χ3v) is 13.1. The van der Waals surface area contributed by atoms with Crippen LogP contribution < -0.4 is 9.64 Å². The number of esters is 1. The van der Waals surface area contributed by atoms with Crippen LogP contribution in [0.15, 0.2) is 76.5 Å². The standard InChI is InChI=1S/C45H61N3O14S2/c1-33-8-14-37(15-9-33)64(54,55)60-29-27-58-25-23-56-22-24-57-26-28-59-36-12-10-34(11-13-36)35-18-20-47(21-19-35)63(52,53)38-16-17-39-40(30-38)48(43(51)62-45(5,6)7)32-46(42(39)50)31-41(49)61-44(2,3)4/h8-17,30,35H,18-29,31-32H2,1-7H3. The summed E-state index contributed by atoms with van der Waals surface area (Å²) in [6, 6.07) is 18.2. The summed E-state index contributed by atoms with van der Waals surface area (Å²) in [6.45, 7) is 13.9. The van der Waals surface area contributed by atoms with E-state index in [4.69, 9.17) is 32.6 Å². The Labute approximate surface area is 377 Å². The number of fused-ring (bicyclic) bond motifs is 1. The van der Waals surface area contributed by atoms with Crippen LogP contribution in [-0.4, -0.2) is 134 Å². The number of hydrogen-bond acceptors (Lipinski definition) is 14. The Hall–Kier alpha value is -4.63. The number of ether oxygens (including phenoxy) is 6. The maximum atomic E-state index is 14.0. The SMILES string of the molecule is Cc1ccc(S(=O)(=O)OCCOCCOCCOCCOc2ccc(C3CCN(S(=O)(=O)c4ccc5c(c4)N(C(=O)OC(C)(C)C)CN(CC(=O)OC(C)(C)C)C5=O)CC3)cc2)cc1. The summed E-state index contributed by atoms with van der Waals surface area (Å²) in [6.07, 6.45) is 0.373. The predicted octanol–water partition coefficient (Wildman–Crippen LogP) is 5.89. The molecule has 17 nitrogen and oxygen atoms in total. The molecule has 3 aromatic rings. The van der Waals surface area contributed by atoms with Crippen LogP contribution in [0.4, 0.5) is 10.5 Å². The van der Waals surface area contributed by atoms with Gasteiger partial charge in [-0.1, -0.05) is 29.8 Å². The zero-order chi connectivity index (χ0) is 46.7. The predicted molar refractivity (Wildman–Crippen MR) is 236 cm³/mol. The van der Waals surface area contributed by atoms with E-state index in [2.05, 4.69) is 0 Å². The zero-order valence-electron chi connectivity index (χ0n) is 37.7. The maximum absolute atomic E-state index is 14.0. The number of nitrogens with zero attached hydrogens (tertiary/aromatic N) is 3. The van der Waals surface area contributed by atoms with Gasteiger partial charge in [0, 0.05) is 13.1 Å². The van der Waals surface area contributed by atoms with Gasteiger partial charge in [0.15, 0.2) is 0 Å². The minimum atomic E-state index is -4.01. The van der Waals surface area contributed by atoms with Crippen molar-refractivity contribution in [2.24, 2.45) is 0 Å². The molecule has 0 aromatic heterocycles. The Kier molecular flexibility index (Phi) is 17.3. The summed E-state index contributed by atoms with van der Waals surface area (Å²) in [5, 5.41) is 0. The van der Waals surface area contributed by atoms with E-state index >= 15 is 0 Å². The molecule has 0 atom stereocenters. The molecule has 2 aliphatic heterocycles. The van der Waals surface area contributed by atoms with Crippen LogP contribution in [0.3, 0.4) is 0 Å². The van der Waals surface area contributed by atoms with Gasteiger partial charge in [0.25, 0.3) is 16.0 Å². The van der Waals surface area contributed by atoms with E-state index in [0.717, 1.165) is 11.1 Å². The van der Waals surface area contributed by atoms with Gasteiger partial charge in [-0.3, -0.25) is 18.7 Å². The number of carbonyl (C=O) groups excluding carboxylic acids is 3. The molecule has 1 saturated heterocycles. The Bertz CT molecular complexity index is 2270. The fraction of sp³-hybridized carbons (Fsp3) is 0.533. The second-order valence-electron chi connectivity index (χ2n) is 17.3. The van der Waals surface area contributed by atoms with Gasteiger partial charge in [-0.2, -0.15) is 12.7 Å². The molecular formula is C45H61N3O14S2. The summed E-state index contributed by atoms with van der Waals surface area (Å²) >= 11 is 0. The van der Waals surface area contributed by atoms with Crippen molar-refractivity contribution in [3.8, 4) is 5.75 Å². The molecule has 0 saturated carbocycles. The van der Waals surface area contributed by atoms with E-state index < -0.39 is 55.9 Å². The molecule has 2 aliphatic rings. The summed E-state index contributed by atoms with van der Waals surface area (Å²) in [5.74, 6) is -0.397. The normalized spacial score (nSPS) is 15.5. The number of piperidine rings is 1. The fourth-order valence-electron chi connectivity index (χ4n) is 6.83. The van der Waals surface area contributed by atoms with E-state index in [1.54, 1.807) is 53.7 Å². The van der Waals surface area contributed by atoms with Crippen LogP contribution >= 0.6 is 0 Å². The van der Waals surface area contributed by atoms with Crippen molar-refractivity contribution in [2.45, 2.75) is 88.2 Å².